The second-order valence-electron chi connectivity index (χ2n) is 5.50. The summed E-state index contributed by atoms with van der Waals surface area (Å²) in [6, 6.07) is 1.87. The van der Waals surface area contributed by atoms with Gasteiger partial charge < -0.3 is 14.8 Å². The molecule has 6 nitrogen and oxygen atoms in total. The van der Waals surface area contributed by atoms with Crippen LogP contribution in [0.2, 0.25) is 0 Å². The zero-order valence-corrected chi connectivity index (χ0v) is 12.9. The van der Waals surface area contributed by atoms with Gasteiger partial charge in [-0.15, -0.1) is 3.89 Å². The summed E-state index contributed by atoms with van der Waals surface area (Å²) in [7, 11) is -7.17. The molecule has 0 radical (unpaired) electrons. The van der Waals surface area contributed by atoms with Gasteiger partial charge >= 0.3 is 23.3 Å². The fraction of sp³-hybridized carbons (Fsp3) is 0.417. The average Bonchev–Trinajstić information content (AvgIpc) is 2.24. The van der Waals surface area contributed by atoms with Crippen LogP contribution in [0.25, 0.3) is 0 Å². The molecule has 0 fully saturated rings. The summed E-state index contributed by atoms with van der Waals surface area (Å²) in [6.07, 6.45) is 0. The summed E-state index contributed by atoms with van der Waals surface area (Å²) in [6.45, 7) is 6.02. The van der Waals surface area contributed by atoms with Crippen LogP contribution in [0.4, 0.5) is 3.89 Å². The van der Waals surface area contributed by atoms with Gasteiger partial charge in [-0.2, -0.15) is 8.42 Å². The first kappa shape index (κ1) is 17.6. The van der Waals surface area contributed by atoms with Gasteiger partial charge in [0.05, 0.1) is 5.56 Å². The second-order valence-corrected chi connectivity index (χ2v) is 6.82. The van der Waals surface area contributed by atoms with E-state index in [-0.39, 0.29) is 16.6 Å². The van der Waals surface area contributed by atoms with Crippen molar-refractivity contribution in [3.05, 3.63) is 23.3 Å². The molecular formula is C12H16BFO6S. The quantitative estimate of drug-likeness (QED) is 0.472. The van der Waals surface area contributed by atoms with Gasteiger partial charge in [0.2, 0.25) is 0 Å². The van der Waals surface area contributed by atoms with Crippen LogP contribution in [-0.2, 0) is 15.0 Å². The molecule has 0 aromatic heterocycles. The number of carbonyl (C=O) groups is 1. The van der Waals surface area contributed by atoms with Crippen molar-refractivity contribution in [3.63, 3.8) is 0 Å². The van der Waals surface area contributed by atoms with Crippen LogP contribution < -0.4 is 5.46 Å². The molecule has 0 spiro atoms. The van der Waals surface area contributed by atoms with Crippen LogP contribution in [0.15, 0.2) is 17.0 Å². The Morgan fingerprint density at radius 1 is 1.29 bits per heavy atom. The van der Waals surface area contributed by atoms with Crippen LogP contribution in [0.3, 0.4) is 0 Å². The molecule has 1 aromatic carbocycles. The normalized spacial score (nSPS) is 12.1. The number of esters is 1. The molecule has 0 amide bonds. The summed E-state index contributed by atoms with van der Waals surface area (Å²) < 4.78 is 40.5. The van der Waals surface area contributed by atoms with E-state index in [1.165, 1.54) is 6.92 Å². The molecule has 0 heterocycles. The Morgan fingerprint density at radius 3 is 2.19 bits per heavy atom. The van der Waals surface area contributed by atoms with E-state index in [4.69, 9.17) is 4.74 Å². The van der Waals surface area contributed by atoms with Gasteiger partial charge in [0.25, 0.3) is 0 Å². The van der Waals surface area contributed by atoms with Gasteiger partial charge in [0, 0.05) is 0 Å². The van der Waals surface area contributed by atoms with E-state index in [9.17, 15) is 27.1 Å². The smallest absolute Gasteiger partial charge is 0.456 e. The van der Waals surface area contributed by atoms with Crippen molar-refractivity contribution in [2.75, 3.05) is 0 Å². The first-order valence-corrected chi connectivity index (χ1v) is 7.40. The van der Waals surface area contributed by atoms with E-state index in [0.717, 1.165) is 12.1 Å². The molecule has 1 rings (SSSR count). The van der Waals surface area contributed by atoms with E-state index in [1.807, 2.05) is 0 Å². The van der Waals surface area contributed by atoms with Gasteiger partial charge in [-0.3, -0.25) is 0 Å². The van der Waals surface area contributed by atoms with Crippen molar-refractivity contribution < 1.29 is 31.9 Å². The Bertz CT molecular complexity index is 663. The monoisotopic (exact) mass is 318 g/mol. The minimum absolute atomic E-state index is 0.181. The predicted octanol–water partition coefficient (Wildman–Crippen LogP) is 0.288. The SMILES string of the molecule is Cc1c(B(O)O)cc(C(=O)OC(C)(C)C)cc1S(=O)(=O)F. The molecule has 0 aliphatic heterocycles. The Hall–Kier alpha value is -1.45. The average molecular weight is 318 g/mol. The lowest BCUT2D eigenvalue weighted by Crippen LogP contribution is -2.34. The van der Waals surface area contributed by atoms with Gasteiger partial charge in [-0.25, -0.2) is 4.79 Å². The van der Waals surface area contributed by atoms with Crippen molar-refractivity contribution in [3.8, 4) is 0 Å². The van der Waals surface area contributed by atoms with Crippen LogP contribution in [0, 0.1) is 6.92 Å². The topological polar surface area (TPSA) is 101 Å². The molecule has 21 heavy (non-hydrogen) atoms. The minimum Gasteiger partial charge on any atom is -0.456 e. The number of halogens is 1. The molecule has 2 N–H and O–H groups in total. The molecule has 116 valence electrons. The molecule has 0 saturated heterocycles. The summed E-state index contributed by atoms with van der Waals surface area (Å²) in [5.74, 6) is -0.894. The van der Waals surface area contributed by atoms with Gasteiger partial charge in [0.15, 0.2) is 0 Å². The highest BCUT2D eigenvalue weighted by atomic mass is 32.3. The zero-order chi connectivity index (χ0) is 16.6. The lowest BCUT2D eigenvalue weighted by atomic mass is 9.76. The standard InChI is InChI=1S/C12H16BFO6S/c1-7-9(13(16)17)5-8(6-10(7)21(14,18)19)11(15)20-12(2,3)4/h5-6,16-17H,1-4H3. The Kier molecular flexibility index (Phi) is 4.81. The zero-order valence-electron chi connectivity index (χ0n) is 12.0. The van der Waals surface area contributed by atoms with Crippen molar-refractivity contribution >= 4 is 28.8 Å². The van der Waals surface area contributed by atoms with Crippen LogP contribution >= 0.6 is 0 Å². The van der Waals surface area contributed by atoms with E-state index >= 15 is 0 Å². The number of rotatable bonds is 3. The molecule has 0 aliphatic rings. The first-order chi connectivity index (χ1) is 9.33. The molecular weight excluding hydrogens is 302 g/mol. The van der Waals surface area contributed by atoms with Crippen LogP contribution in [-0.4, -0.2) is 37.2 Å². The van der Waals surface area contributed by atoms with E-state index in [2.05, 4.69) is 0 Å². The number of ether oxygens (including phenoxy) is 1. The van der Waals surface area contributed by atoms with Gasteiger partial charge in [-0.05, 0) is 50.9 Å². The molecule has 0 bridgehead atoms. The molecule has 1 aromatic rings. The number of benzene rings is 1. The Morgan fingerprint density at radius 2 is 1.81 bits per heavy atom. The molecule has 0 atom stereocenters. The molecule has 0 unspecified atom stereocenters. The highest BCUT2D eigenvalue weighted by Crippen LogP contribution is 2.20. The highest BCUT2D eigenvalue weighted by Gasteiger charge is 2.27. The summed E-state index contributed by atoms with van der Waals surface area (Å²) in [5, 5.41) is 18.4. The summed E-state index contributed by atoms with van der Waals surface area (Å²) >= 11 is 0. The summed E-state index contributed by atoms with van der Waals surface area (Å²) in [5.41, 5.74) is -1.58. The Labute approximate surface area is 122 Å². The van der Waals surface area contributed by atoms with Crippen molar-refractivity contribution in [2.45, 2.75) is 38.2 Å². The maximum Gasteiger partial charge on any atom is 0.488 e. The second kappa shape index (κ2) is 5.74. The number of carbonyl (C=O) groups excluding carboxylic acids is 1. The third-order valence-corrected chi connectivity index (χ3v) is 3.53. The Balaban J connectivity index is 3.49. The van der Waals surface area contributed by atoms with Crippen molar-refractivity contribution in [1.29, 1.82) is 0 Å². The van der Waals surface area contributed by atoms with E-state index in [0.29, 0.717) is 0 Å². The third-order valence-electron chi connectivity index (χ3n) is 2.58. The lowest BCUT2D eigenvalue weighted by molar-refractivity contribution is 0.00694. The van der Waals surface area contributed by atoms with Crippen LogP contribution in [0.5, 0.6) is 0 Å². The fourth-order valence-corrected chi connectivity index (χ4v) is 2.44. The predicted molar refractivity (Wildman–Crippen MR) is 74.5 cm³/mol. The fourth-order valence-electron chi connectivity index (χ4n) is 1.69. The third kappa shape index (κ3) is 4.52. The van der Waals surface area contributed by atoms with Crippen molar-refractivity contribution in [2.24, 2.45) is 0 Å². The molecule has 0 saturated carbocycles. The van der Waals surface area contributed by atoms with E-state index in [1.54, 1.807) is 20.8 Å². The largest absolute Gasteiger partial charge is 0.488 e. The number of hydrogen-bond acceptors (Lipinski definition) is 6. The molecule has 0 aliphatic carbocycles. The molecule has 9 heteroatoms. The first-order valence-electron chi connectivity index (χ1n) is 6.01. The lowest BCUT2D eigenvalue weighted by Gasteiger charge is -2.20. The van der Waals surface area contributed by atoms with E-state index < -0.39 is 33.8 Å². The summed E-state index contributed by atoms with van der Waals surface area (Å²) in [4.78, 5) is 11.1. The highest BCUT2D eigenvalue weighted by molar-refractivity contribution is 7.86. The van der Waals surface area contributed by atoms with Gasteiger partial charge in [0.1, 0.15) is 10.5 Å². The van der Waals surface area contributed by atoms with Crippen molar-refractivity contribution in [1.82, 2.24) is 0 Å². The van der Waals surface area contributed by atoms with Gasteiger partial charge in [-0.1, -0.05) is 0 Å². The maximum absolute atomic E-state index is 13.3. The minimum atomic E-state index is -5.12. The van der Waals surface area contributed by atoms with Crippen LogP contribution in [0.1, 0.15) is 36.7 Å². The maximum atomic E-state index is 13.3. The number of hydrogen-bond donors (Lipinski definition) is 2.